The van der Waals surface area contributed by atoms with Crippen LogP contribution in [0.5, 0.6) is 5.75 Å². The zero-order chi connectivity index (χ0) is 21.9. The number of carbonyl (C=O) groups excluding carboxylic acids is 1. The quantitative estimate of drug-likeness (QED) is 0.379. The Morgan fingerprint density at radius 2 is 1.55 bits per heavy atom. The van der Waals surface area contributed by atoms with E-state index in [1.807, 2.05) is 13.8 Å². The third kappa shape index (κ3) is 17.0. The van der Waals surface area contributed by atoms with E-state index in [1.54, 1.807) is 6.07 Å². The molecule has 1 amide bonds. The van der Waals surface area contributed by atoms with E-state index in [0.29, 0.717) is 38.5 Å². The highest BCUT2D eigenvalue weighted by Gasteiger charge is 2.09. The molecule has 1 aromatic rings. The lowest BCUT2D eigenvalue weighted by Crippen LogP contribution is -2.19. The van der Waals surface area contributed by atoms with Gasteiger partial charge in [-0.05, 0) is 23.5 Å². The number of benzene rings is 1. The monoisotopic (exact) mass is 413 g/mol. The van der Waals surface area contributed by atoms with E-state index in [9.17, 15) is 9.18 Å². The van der Waals surface area contributed by atoms with Crippen molar-refractivity contribution >= 4 is 6.41 Å². The van der Waals surface area contributed by atoms with Crippen LogP contribution in [0, 0.1) is 11.7 Å². The van der Waals surface area contributed by atoms with Crippen molar-refractivity contribution in [1.82, 2.24) is 5.32 Å². The van der Waals surface area contributed by atoms with Crippen molar-refractivity contribution < 1.29 is 20.1 Å². The van der Waals surface area contributed by atoms with Crippen molar-refractivity contribution in [2.45, 2.75) is 79.1 Å². The molecule has 0 aliphatic heterocycles. The zero-order valence-corrected chi connectivity index (χ0v) is 19.1. The van der Waals surface area contributed by atoms with E-state index < -0.39 is 0 Å². The smallest absolute Gasteiger partial charge is 0.207 e. The van der Waals surface area contributed by atoms with E-state index in [0.717, 1.165) is 11.5 Å². The molecule has 5 heteroatoms. The minimum atomic E-state index is -0.310. The second-order valence-electron chi connectivity index (χ2n) is 8.22. The lowest BCUT2D eigenvalue weighted by molar-refractivity contribution is -0.109. The predicted octanol–water partition coefficient (Wildman–Crippen LogP) is 6.34. The normalized spacial score (nSPS) is 13.1. The van der Waals surface area contributed by atoms with Crippen molar-refractivity contribution in [2.24, 2.45) is 5.92 Å². The molecule has 1 N–H and O–H groups in total. The Balaban J connectivity index is 0. The molecule has 0 aromatic heterocycles. The van der Waals surface area contributed by atoms with Crippen molar-refractivity contribution in [1.29, 1.82) is 0 Å². The minimum absolute atomic E-state index is 0. The van der Waals surface area contributed by atoms with Crippen molar-refractivity contribution in [2.75, 3.05) is 26.4 Å². The first-order valence-corrected chi connectivity index (χ1v) is 11.1. The molecule has 1 aromatic carbocycles. The van der Waals surface area contributed by atoms with Gasteiger partial charge in [-0.2, -0.15) is 0 Å². The Morgan fingerprint density at radius 1 is 1.00 bits per heavy atom. The fraction of sp³-hybridized carbons (Fsp3) is 0.708. The topological polar surface area (TPSA) is 47.6 Å². The molecule has 0 unspecified atom stereocenters. The average Bonchev–Trinajstić information content (AvgIpc) is 2.68. The summed E-state index contributed by atoms with van der Waals surface area (Å²) in [4.78, 5) is 9.99. The molecule has 0 saturated heterocycles. The fourth-order valence-electron chi connectivity index (χ4n) is 2.67. The van der Waals surface area contributed by atoms with Gasteiger partial charge in [0.1, 0.15) is 18.2 Å². The molecule has 0 bridgehead atoms. The summed E-state index contributed by atoms with van der Waals surface area (Å²) in [5.41, 5.74) is 0.976. The van der Waals surface area contributed by atoms with Crippen LogP contribution < -0.4 is 10.1 Å². The van der Waals surface area contributed by atoms with Crippen molar-refractivity contribution in [3.8, 4) is 5.75 Å². The number of nitrogens with one attached hydrogen (secondary N) is 1. The Bertz CT molecular complexity index is 509. The van der Waals surface area contributed by atoms with E-state index in [2.05, 4.69) is 26.1 Å². The van der Waals surface area contributed by atoms with E-state index in [-0.39, 0.29) is 13.2 Å². The number of hydrogen-bond donors (Lipinski definition) is 1. The van der Waals surface area contributed by atoms with Gasteiger partial charge in [-0.3, -0.25) is 4.79 Å². The summed E-state index contributed by atoms with van der Waals surface area (Å²) in [5.74, 6) is 1.36. The molecule has 1 fully saturated rings. The highest BCUT2D eigenvalue weighted by Crippen LogP contribution is 2.27. The Labute approximate surface area is 179 Å². The second-order valence-corrected chi connectivity index (χ2v) is 8.22. The van der Waals surface area contributed by atoms with Gasteiger partial charge in [-0.1, -0.05) is 79.2 Å². The van der Waals surface area contributed by atoms with Crippen LogP contribution in [0.15, 0.2) is 18.2 Å². The van der Waals surface area contributed by atoms with Crippen LogP contribution in [0.3, 0.4) is 0 Å². The highest BCUT2D eigenvalue weighted by atomic mass is 19.1. The van der Waals surface area contributed by atoms with Gasteiger partial charge in [-0.15, -0.1) is 0 Å². The molecule has 0 radical (unpaired) electrons. The number of carbonyl (C=O) groups is 1. The maximum absolute atomic E-state index is 13.2. The largest absolute Gasteiger partial charge is 0.491 e. The van der Waals surface area contributed by atoms with Gasteiger partial charge in [0, 0.05) is 14.0 Å². The summed E-state index contributed by atoms with van der Waals surface area (Å²) in [6.45, 7) is 12.2. The third-order valence-electron chi connectivity index (χ3n) is 4.06. The van der Waals surface area contributed by atoms with Gasteiger partial charge < -0.3 is 14.8 Å². The first-order valence-electron chi connectivity index (χ1n) is 11.1. The molecular formula is C24H44FNO3. The van der Waals surface area contributed by atoms with Crippen molar-refractivity contribution in [3.63, 3.8) is 0 Å². The molecule has 1 saturated carbocycles. The SMILES string of the molecule is C1CCCCC1.CC(C)C.CC(C)c1ccc(F)cc1OCCOCCNC=O.[HH]. The summed E-state index contributed by atoms with van der Waals surface area (Å²) in [6.07, 6.45) is 9.63. The first-order chi connectivity index (χ1) is 13.9. The minimum Gasteiger partial charge on any atom is -0.491 e. The van der Waals surface area contributed by atoms with Crippen LogP contribution in [0.4, 0.5) is 4.39 Å². The number of hydrogen-bond acceptors (Lipinski definition) is 3. The molecule has 1 aliphatic rings. The van der Waals surface area contributed by atoms with Crippen LogP contribution in [-0.2, 0) is 9.53 Å². The standard InChI is InChI=1S/C14H20FNO3.C6H12.C4H10.H2/c1-11(2)13-4-3-12(15)9-14(13)19-8-7-18-6-5-16-10-17;1-2-4-6-5-3-1;1-4(2)3;/h3-4,9-11H,5-8H2,1-2H3,(H,16,17);1-6H2;4H,1-3H3;1H. The number of halogens is 1. The summed E-state index contributed by atoms with van der Waals surface area (Å²) < 4.78 is 24.0. The highest BCUT2D eigenvalue weighted by molar-refractivity contribution is 5.45. The zero-order valence-electron chi connectivity index (χ0n) is 19.1. The van der Waals surface area contributed by atoms with Crippen LogP contribution in [0.1, 0.15) is 86.1 Å². The maximum atomic E-state index is 13.2. The van der Waals surface area contributed by atoms with Crippen LogP contribution in [0.25, 0.3) is 0 Å². The lowest BCUT2D eigenvalue weighted by atomic mass is 10.0. The van der Waals surface area contributed by atoms with Crippen LogP contribution in [0.2, 0.25) is 0 Å². The molecule has 4 nitrogen and oxygen atoms in total. The lowest BCUT2D eigenvalue weighted by Gasteiger charge is -2.14. The third-order valence-corrected chi connectivity index (χ3v) is 4.06. The molecule has 0 heterocycles. The fourth-order valence-corrected chi connectivity index (χ4v) is 2.67. The van der Waals surface area contributed by atoms with Gasteiger partial charge >= 0.3 is 0 Å². The number of rotatable bonds is 9. The van der Waals surface area contributed by atoms with Crippen molar-refractivity contribution in [3.05, 3.63) is 29.6 Å². The predicted molar refractivity (Wildman–Crippen MR) is 121 cm³/mol. The van der Waals surface area contributed by atoms with Gasteiger partial charge in [0.15, 0.2) is 0 Å². The molecule has 0 atom stereocenters. The summed E-state index contributed by atoms with van der Waals surface area (Å²) >= 11 is 0. The average molecular weight is 414 g/mol. The number of ether oxygens (including phenoxy) is 2. The van der Waals surface area contributed by atoms with Gasteiger partial charge in [0.2, 0.25) is 6.41 Å². The maximum Gasteiger partial charge on any atom is 0.207 e. The molecular weight excluding hydrogens is 369 g/mol. The number of amides is 1. The van der Waals surface area contributed by atoms with E-state index >= 15 is 0 Å². The van der Waals surface area contributed by atoms with E-state index in [1.165, 1.54) is 50.7 Å². The molecule has 0 spiro atoms. The van der Waals surface area contributed by atoms with Crippen LogP contribution in [-0.4, -0.2) is 32.8 Å². The Kier molecular flexibility index (Phi) is 17.4. The summed E-state index contributed by atoms with van der Waals surface area (Å²) in [6, 6.07) is 4.57. The van der Waals surface area contributed by atoms with Gasteiger partial charge in [0.25, 0.3) is 0 Å². The van der Waals surface area contributed by atoms with Gasteiger partial charge in [0.05, 0.1) is 13.2 Å². The molecule has 29 heavy (non-hydrogen) atoms. The van der Waals surface area contributed by atoms with Gasteiger partial charge in [-0.25, -0.2) is 4.39 Å². The first kappa shape index (κ1) is 27.4. The Morgan fingerprint density at radius 3 is 2.03 bits per heavy atom. The molecule has 1 aliphatic carbocycles. The summed E-state index contributed by atoms with van der Waals surface area (Å²) in [7, 11) is 0. The molecule has 170 valence electrons. The van der Waals surface area contributed by atoms with E-state index in [4.69, 9.17) is 9.47 Å². The summed E-state index contributed by atoms with van der Waals surface area (Å²) in [5, 5.41) is 2.49. The second kappa shape index (κ2) is 18.4. The van der Waals surface area contributed by atoms with Crippen LogP contribution >= 0.6 is 0 Å². The Hall–Kier alpha value is -1.62. The molecule has 2 rings (SSSR count).